The molecule has 4 atom stereocenters. The quantitative estimate of drug-likeness (QED) is 0.569. The summed E-state index contributed by atoms with van der Waals surface area (Å²) in [4.78, 5) is 0. The minimum absolute atomic E-state index is 0.518. The van der Waals surface area contributed by atoms with Gasteiger partial charge in [0.2, 0.25) is 0 Å². The predicted octanol–water partition coefficient (Wildman–Crippen LogP) is 1.94. The lowest BCUT2D eigenvalue weighted by Crippen LogP contribution is -2.44. The molecule has 0 aliphatic heterocycles. The summed E-state index contributed by atoms with van der Waals surface area (Å²) in [5.41, 5.74) is 7.26. The van der Waals surface area contributed by atoms with Gasteiger partial charge in [-0.15, -0.1) is 0 Å². The molecule has 0 aromatic carbocycles. The highest BCUT2D eigenvalue weighted by Gasteiger charge is 2.45. The van der Waals surface area contributed by atoms with Gasteiger partial charge in [-0.25, -0.2) is 0 Å². The molecule has 62 valence electrons. The molecule has 0 saturated heterocycles. The van der Waals surface area contributed by atoms with Crippen LogP contribution in [0, 0.1) is 17.8 Å². The molecular weight excluding hydrogens is 134 g/mol. The van der Waals surface area contributed by atoms with Crippen molar-refractivity contribution in [1.29, 1.82) is 0 Å². The van der Waals surface area contributed by atoms with Crippen LogP contribution in [0.2, 0.25) is 0 Å². The summed E-state index contributed by atoms with van der Waals surface area (Å²) in [5, 5.41) is 0. The van der Waals surface area contributed by atoms with Crippen LogP contribution in [-0.4, -0.2) is 6.04 Å². The molecular formula is C10H17N. The maximum atomic E-state index is 5.90. The number of fused-ring (bicyclic) bond motifs is 1. The molecule has 2 N–H and O–H groups in total. The highest BCUT2D eigenvalue weighted by molar-refractivity contribution is 5.08. The monoisotopic (exact) mass is 151 g/mol. The molecule has 2 fully saturated rings. The van der Waals surface area contributed by atoms with Crippen molar-refractivity contribution in [3.05, 3.63) is 12.2 Å². The van der Waals surface area contributed by atoms with Gasteiger partial charge in [-0.05, 0) is 43.9 Å². The van der Waals surface area contributed by atoms with Gasteiger partial charge in [-0.3, -0.25) is 0 Å². The Morgan fingerprint density at radius 3 is 2.55 bits per heavy atom. The lowest BCUT2D eigenvalue weighted by Gasteiger charge is -2.37. The van der Waals surface area contributed by atoms with E-state index in [0.717, 1.165) is 17.8 Å². The number of allylic oxidation sites excluding steroid dienone is 1. The van der Waals surface area contributed by atoms with Crippen molar-refractivity contribution in [2.45, 2.75) is 32.2 Å². The lowest BCUT2D eigenvalue weighted by molar-refractivity contribution is 0.173. The average Bonchev–Trinajstić information content (AvgIpc) is 2.26. The Morgan fingerprint density at radius 1 is 1.36 bits per heavy atom. The topological polar surface area (TPSA) is 26.0 Å². The maximum Gasteiger partial charge on any atom is 0.00727 e. The van der Waals surface area contributed by atoms with Gasteiger partial charge in [0.05, 0.1) is 0 Å². The minimum atomic E-state index is 0.518. The highest BCUT2D eigenvalue weighted by Crippen LogP contribution is 2.50. The highest BCUT2D eigenvalue weighted by atomic mass is 14.7. The van der Waals surface area contributed by atoms with Crippen LogP contribution >= 0.6 is 0 Å². The molecule has 0 bridgehead atoms. The number of hydrogen-bond acceptors (Lipinski definition) is 1. The fraction of sp³-hybridized carbons (Fsp3) is 0.800. The van der Waals surface area contributed by atoms with Crippen LogP contribution in [0.15, 0.2) is 12.2 Å². The third-order valence-corrected chi connectivity index (χ3v) is 3.57. The van der Waals surface area contributed by atoms with Crippen molar-refractivity contribution in [2.24, 2.45) is 23.5 Å². The van der Waals surface area contributed by atoms with Crippen LogP contribution in [0.3, 0.4) is 0 Å². The normalized spacial score (nSPS) is 48.2. The van der Waals surface area contributed by atoms with E-state index in [1.165, 1.54) is 24.8 Å². The van der Waals surface area contributed by atoms with Crippen LogP contribution in [0.1, 0.15) is 26.2 Å². The number of hydrogen-bond donors (Lipinski definition) is 1. The van der Waals surface area contributed by atoms with Gasteiger partial charge < -0.3 is 5.73 Å². The van der Waals surface area contributed by atoms with Crippen LogP contribution in [0.4, 0.5) is 0 Å². The van der Waals surface area contributed by atoms with E-state index in [1.54, 1.807) is 0 Å². The van der Waals surface area contributed by atoms with Gasteiger partial charge in [0.15, 0.2) is 0 Å². The van der Waals surface area contributed by atoms with E-state index < -0.39 is 0 Å². The van der Waals surface area contributed by atoms with Crippen LogP contribution in [0.25, 0.3) is 0 Å². The van der Waals surface area contributed by atoms with Crippen molar-refractivity contribution in [1.82, 2.24) is 0 Å². The predicted molar refractivity (Wildman–Crippen MR) is 47.1 cm³/mol. The zero-order chi connectivity index (χ0) is 8.01. The fourth-order valence-electron chi connectivity index (χ4n) is 2.68. The number of rotatable bonds is 1. The molecule has 1 heteroatoms. The summed E-state index contributed by atoms with van der Waals surface area (Å²) in [6.45, 7) is 6.17. The summed E-state index contributed by atoms with van der Waals surface area (Å²) in [6, 6.07) is 0.518. The molecule has 2 rings (SSSR count). The zero-order valence-corrected chi connectivity index (χ0v) is 7.22. The van der Waals surface area contributed by atoms with Crippen LogP contribution in [-0.2, 0) is 0 Å². The number of nitrogens with two attached hydrogens (primary N) is 1. The first-order valence-corrected chi connectivity index (χ1v) is 4.59. The molecule has 0 amide bonds. The van der Waals surface area contributed by atoms with Crippen molar-refractivity contribution in [3.8, 4) is 0 Å². The first kappa shape index (κ1) is 7.35. The second-order valence-electron chi connectivity index (χ2n) is 4.34. The molecule has 4 unspecified atom stereocenters. The largest absolute Gasteiger partial charge is 0.327 e. The van der Waals surface area contributed by atoms with E-state index in [9.17, 15) is 0 Å². The SMILES string of the molecule is C=C(C)C1CC2CC(N)C2C1. The van der Waals surface area contributed by atoms with Crippen molar-refractivity contribution in [3.63, 3.8) is 0 Å². The molecule has 0 aromatic heterocycles. The van der Waals surface area contributed by atoms with E-state index in [1.807, 2.05) is 0 Å². The van der Waals surface area contributed by atoms with Crippen molar-refractivity contribution in [2.75, 3.05) is 0 Å². The molecule has 0 heterocycles. The Hall–Kier alpha value is -0.300. The van der Waals surface area contributed by atoms with Gasteiger partial charge in [-0.1, -0.05) is 12.2 Å². The Bertz CT molecular complexity index is 185. The van der Waals surface area contributed by atoms with Gasteiger partial charge in [0.1, 0.15) is 0 Å². The van der Waals surface area contributed by atoms with E-state index in [0.29, 0.717) is 6.04 Å². The summed E-state index contributed by atoms with van der Waals surface area (Å²) in [6.07, 6.45) is 3.96. The summed E-state index contributed by atoms with van der Waals surface area (Å²) in [7, 11) is 0. The van der Waals surface area contributed by atoms with Crippen LogP contribution in [0.5, 0.6) is 0 Å². The zero-order valence-electron chi connectivity index (χ0n) is 7.22. The van der Waals surface area contributed by atoms with Gasteiger partial charge >= 0.3 is 0 Å². The van der Waals surface area contributed by atoms with Crippen LogP contribution < -0.4 is 5.73 Å². The Kier molecular flexibility index (Phi) is 1.57. The minimum Gasteiger partial charge on any atom is -0.327 e. The molecule has 11 heavy (non-hydrogen) atoms. The maximum absolute atomic E-state index is 5.90. The van der Waals surface area contributed by atoms with E-state index >= 15 is 0 Å². The standard InChI is InChI=1S/C10H17N/c1-6(2)7-3-8-5-10(11)9(8)4-7/h7-10H,1,3-5,11H2,2H3. The van der Waals surface area contributed by atoms with Crippen molar-refractivity contribution < 1.29 is 0 Å². The third kappa shape index (κ3) is 1.02. The molecule has 1 nitrogen and oxygen atoms in total. The Labute approximate surface area is 68.7 Å². The Morgan fingerprint density at radius 2 is 2.09 bits per heavy atom. The van der Waals surface area contributed by atoms with E-state index in [4.69, 9.17) is 5.73 Å². The summed E-state index contributed by atoms with van der Waals surface area (Å²) in [5.74, 6) is 2.59. The Balaban J connectivity index is 1.98. The molecule has 0 spiro atoms. The third-order valence-electron chi connectivity index (χ3n) is 3.57. The smallest absolute Gasteiger partial charge is 0.00727 e. The first-order valence-electron chi connectivity index (χ1n) is 4.59. The van der Waals surface area contributed by atoms with E-state index in [-0.39, 0.29) is 0 Å². The summed E-state index contributed by atoms with van der Waals surface area (Å²) >= 11 is 0. The second-order valence-corrected chi connectivity index (χ2v) is 4.34. The van der Waals surface area contributed by atoms with Gasteiger partial charge in [-0.2, -0.15) is 0 Å². The van der Waals surface area contributed by atoms with Gasteiger partial charge in [0, 0.05) is 6.04 Å². The molecule has 2 aliphatic rings. The summed E-state index contributed by atoms with van der Waals surface area (Å²) < 4.78 is 0. The first-order chi connectivity index (χ1) is 5.18. The second kappa shape index (κ2) is 2.34. The van der Waals surface area contributed by atoms with E-state index in [2.05, 4.69) is 13.5 Å². The molecule has 0 radical (unpaired) electrons. The lowest BCUT2D eigenvalue weighted by atomic mass is 9.72. The van der Waals surface area contributed by atoms with Gasteiger partial charge in [0.25, 0.3) is 0 Å². The molecule has 0 aromatic rings. The molecule has 2 aliphatic carbocycles. The fourth-order valence-corrected chi connectivity index (χ4v) is 2.68. The molecule has 2 saturated carbocycles. The van der Waals surface area contributed by atoms with Crippen molar-refractivity contribution >= 4 is 0 Å². The average molecular weight is 151 g/mol.